The van der Waals surface area contributed by atoms with Crippen molar-refractivity contribution >= 4 is 23.7 Å². The lowest BCUT2D eigenvalue weighted by molar-refractivity contribution is -0.124. The second-order valence-corrected chi connectivity index (χ2v) is 7.81. The highest BCUT2D eigenvalue weighted by Gasteiger charge is 2.17. The molecule has 0 bridgehead atoms. The molecule has 0 saturated carbocycles. The zero-order valence-electron chi connectivity index (χ0n) is 17.8. The number of nitrogens with one attached hydrogen (secondary N) is 2. The van der Waals surface area contributed by atoms with Crippen molar-refractivity contribution < 1.29 is 23.9 Å². The van der Waals surface area contributed by atoms with Gasteiger partial charge in [0.05, 0.1) is 5.56 Å². The van der Waals surface area contributed by atoms with Crippen molar-refractivity contribution in [2.24, 2.45) is 0 Å². The highest BCUT2D eigenvalue weighted by molar-refractivity contribution is 5.93. The van der Waals surface area contributed by atoms with Gasteiger partial charge in [-0.2, -0.15) is 0 Å². The molecule has 0 aliphatic carbocycles. The lowest BCUT2D eigenvalue weighted by Gasteiger charge is -2.19. The molecule has 0 heterocycles. The van der Waals surface area contributed by atoms with E-state index in [0.29, 0.717) is 18.7 Å². The summed E-state index contributed by atoms with van der Waals surface area (Å²) < 4.78 is 10.2. The molecule has 0 aliphatic rings. The van der Waals surface area contributed by atoms with Crippen molar-refractivity contribution in [3.63, 3.8) is 0 Å². The van der Waals surface area contributed by atoms with E-state index in [4.69, 9.17) is 9.47 Å². The molecule has 2 aromatic carbocycles. The maximum absolute atomic E-state index is 12.2. The van der Waals surface area contributed by atoms with Crippen LogP contribution in [0.2, 0.25) is 0 Å². The van der Waals surface area contributed by atoms with Gasteiger partial charge in [0, 0.05) is 12.2 Å². The van der Waals surface area contributed by atoms with E-state index < -0.39 is 17.7 Å². The van der Waals surface area contributed by atoms with Crippen molar-refractivity contribution in [1.29, 1.82) is 0 Å². The van der Waals surface area contributed by atoms with Crippen LogP contribution < -0.4 is 10.6 Å². The first-order valence-electron chi connectivity index (χ1n) is 9.72. The first-order valence-corrected chi connectivity index (χ1v) is 9.72. The summed E-state index contributed by atoms with van der Waals surface area (Å²) in [5.74, 6) is -1.03. The zero-order chi connectivity index (χ0) is 22.1. The van der Waals surface area contributed by atoms with Crippen LogP contribution in [0.15, 0.2) is 48.5 Å². The molecule has 0 aliphatic heterocycles. The predicted octanol–water partition coefficient (Wildman–Crippen LogP) is 3.86. The van der Waals surface area contributed by atoms with Crippen LogP contribution in [0.25, 0.3) is 0 Å². The molecule has 0 aromatic heterocycles. The minimum absolute atomic E-state index is 0.219. The number of esters is 1. The van der Waals surface area contributed by atoms with Crippen LogP contribution in [-0.4, -0.2) is 36.7 Å². The van der Waals surface area contributed by atoms with Crippen LogP contribution in [0.5, 0.6) is 0 Å². The summed E-state index contributed by atoms with van der Waals surface area (Å²) in [5, 5.41) is 5.29. The molecule has 0 unspecified atom stereocenters. The molecule has 160 valence electrons. The maximum Gasteiger partial charge on any atom is 0.412 e. The molecule has 7 heteroatoms. The Morgan fingerprint density at radius 1 is 1.00 bits per heavy atom. The SMILES string of the molecule is Cc1ccccc1CCNC(=O)COC(=O)c1cccc(NC(=O)OC(C)(C)C)c1. The average Bonchev–Trinajstić information content (AvgIpc) is 2.66. The van der Waals surface area contributed by atoms with Crippen molar-refractivity contribution in [3.05, 3.63) is 65.2 Å². The molecule has 0 saturated heterocycles. The minimum Gasteiger partial charge on any atom is -0.452 e. The Morgan fingerprint density at radius 3 is 2.43 bits per heavy atom. The van der Waals surface area contributed by atoms with E-state index in [-0.39, 0.29) is 18.1 Å². The number of hydrogen-bond donors (Lipinski definition) is 2. The summed E-state index contributed by atoms with van der Waals surface area (Å²) in [7, 11) is 0. The normalized spacial score (nSPS) is 10.8. The van der Waals surface area contributed by atoms with Crippen LogP contribution in [0.4, 0.5) is 10.5 Å². The third-order valence-corrected chi connectivity index (χ3v) is 4.06. The summed E-state index contributed by atoms with van der Waals surface area (Å²) in [6, 6.07) is 14.2. The van der Waals surface area contributed by atoms with Crippen LogP contribution >= 0.6 is 0 Å². The molecule has 2 N–H and O–H groups in total. The van der Waals surface area contributed by atoms with E-state index in [1.54, 1.807) is 39.0 Å². The van der Waals surface area contributed by atoms with E-state index in [2.05, 4.69) is 10.6 Å². The summed E-state index contributed by atoms with van der Waals surface area (Å²) in [6.07, 6.45) is 0.0751. The molecular formula is C23H28N2O5. The van der Waals surface area contributed by atoms with Gasteiger partial charge in [-0.15, -0.1) is 0 Å². The maximum atomic E-state index is 12.2. The number of amides is 2. The number of ether oxygens (including phenoxy) is 2. The molecule has 0 fully saturated rings. The largest absolute Gasteiger partial charge is 0.452 e. The van der Waals surface area contributed by atoms with Gasteiger partial charge in [-0.1, -0.05) is 30.3 Å². The smallest absolute Gasteiger partial charge is 0.412 e. The quantitative estimate of drug-likeness (QED) is 0.674. The van der Waals surface area contributed by atoms with E-state index in [1.807, 2.05) is 31.2 Å². The van der Waals surface area contributed by atoms with Crippen LogP contribution in [0, 0.1) is 6.92 Å². The molecule has 0 atom stereocenters. The number of aryl methyl sites for hydroxylation is 1. The zero-order valence-corrected chi connectivity index (χ0v) is 17.8. The van der Waals surface area contributed by atoms with Gasteiger partial charge < -0.3 is 14.8 Å². The van der Waals surface area contributed by atoms with E-state index in [0.717, 1.165) is 11.1 Å². The summed E-state index contributed by atoms with van der Waals surface area (Å²) >= 11 is 0. The Hall–Kier alpha value is -3.35. The first kappa shape index (κ1) is 22.9. The second kappa shape index (κ2) is 10.4. The predicted molar refractivity (Wildman–Crippen MR) is 114 cm³/mol. The van der Waals surface area contributed by atoms with Crippen LogP contribution in [0.3, 0.4) is 0 Å². The van der Waals surface area contributed by atoms with Gasteiger partial charge in [0.25, 0.3) is 5.91 Å². The monoisotopic (exact) mass is 412 g/mol. The third-order valence-electron chi connectivity index (χ3n) is 4.06. The molecule has 30 heavy (non-hydrogen) atoms. The van der Waals surface area contributed by atoms with Crippen molar-refractivity contribution in [2.45, 2.75) is 39.7 Å². The highest BCUT2D eigenvalue weighted by atomic mass is 16.6. The van der Waals surface area contributed by atoms with E-state index in [1.165, 1.54) is 6.07 Å². The van der Waals surface area contributed by atoms with Gasteiger partial charge in [0.2, 0.25) is 0 Å². The Bertz CT molecular complexity index is 902. The van der Waals surface area contributed by atoms with Gasteiger partial charge in [-0.25, -0.2) is 9.59 Å². The Morgan fingerprint density at radius 2 is 1.73 bits per heavy atom. The van der Waals surface area contributed by atoms with Crippen LogP contribution in [0.1, 0.15) is 42.3 Å². The number of carbonyl (C=O) groups excluding carboxylic acids is 3. The molecule has 7 nitrogen and oxygen atoms in total. The Labute approximate surface area is 176 Å². The average molecular weight is 412 g/mol. The van der Waals surface area contributed by atoms with Gasteiger partial charge in [0.1, 0.15) is 5.60 Å². The second-order valence-electron chi connectivity index (χ2n) is 7.81. The van der Waals surface area contributed by atoms with Crippen molar-refractivity contribution in [2.75, 3.05) is 18.5 Å². The van der Waals surface area contributed by atoms with E-state index in [9.17, 15) is 14.4 Å². The standard InChI is InChI=1S/C23H28N2O5/c1-16-8-5-6-9-17(16)12-13-24-20(26)15-29-21(27)18-10-7-11-19(14-18)25-22(28)30-23(2,3)4/h5-11,14H,12-13,15H2,1-4H3,(H,24,26)(H,25,28). The fourth-order valence-corrected chi connectivity index (χ4v) is 2.64. The lowest BCUT2D eigenvalue weighted by atomic mass is 10.1. The fraction of sp³-hybridized carbons (Fsp3) is 0.348. The first-order chi connectivity index (χ1) is 14.1. The number of rotatable bonds is 7. The van der Waals surface area contributed by atoms with Crippen molar-refractivity contribution in [1.82, 2.24) is 5.32 Å². The van der Waals surface area contributed by atoms with Gasteiger partial charge in [-0.05, 0) is 63.4 Å². The molecule has 2 aromatic rings. The topological polar surface area (TPSA) is 93.7 Å². The Kier molecular flexibility index (Phi) is 7.98. The fourth-order valence-electron chi connectivity index (χ4n) is 2.64. The summed E-state index contributed by atoms with van der Waals surface area (Å²) in [4.78, 5) is 36.0. The number of benzene rings is 2. The number of carbonyl (C=O) groups is 3. The van der Waals surface area contributed by atoms with Crippen molar-refractivity contribution in [3.8, 4) is 0 Å². The molecule has 0 radical (unpaired) electrons. The molecular weight excluding hydrogens is 384 g/mol. The molecule has 0 spiro atoms. The van der Waals surface area contributed by atoms with Gasteiger partial charge in [0.15, 0.2) is 6.61 Å². The molecule has 2 amide bonds. The highest BCUT2D eigenvalue weighted by Crippen LogP contribution is 2.14. The van der Waals surface area contributed by atoms with Crippen LogP contribution in [-0.2, 0) is 20.7 Å². The summed E-state index contributed by atoms with van der Waals surface area (Å²) in [5.41, 5.74) is 2.30. The minimum atomic E-state index is -0.656. The number of anilines is 1. The molecule has 2 rings (SSSR count). The van der Waals surface area contributed by atoms with E-state index >= 15 is 0 Å². The van der Waals surface area contributed by atoms with Gasteiger partial charge in [-0.3, -0.25) is 10.1 Å². The summed E-state index contributed by atoms with van der Waals surface area (Å²) in [6.45, 7) is 7.36. The lowest BCUT2D eigenvalue weighted by Crippen LogP contribution is -2.30. The number of hydrogen-bond acceptors (Lipinski definition) is 5. The van der Waals surface area contributed by atoms with Gasteiger partial charge >= 0.3 is 12.1 Å². The Balaban J connectivity index is 1.79. The third kappa shape index (κ3) is 7.95.